The minimum atomic E-state index is -0.478. The van der Waals surface area contributed by atoms with E-state index in [-0.39, 0.29) is 12.3 Å². The van der Waals surface area contributed by atoms with E-state index in [1.54, 1.807) is 24.3 Å². The molecule has 0 bridgehead atoms. The lowest BCUT2D eigenvalue weighted by Crippen LogP contribution is -2.34. The number of nitrogens with zero attached hydrogens (tertiary/aromatic N) is 1. The predicted molar refractivity (Wildman–Crippen MR) is 95.7 cm³/mol. The molecule has 0 saturated carbocycles. The number of rotatable bonds is 7. The topological polar surface area (TPSA) is 109 Å². The molecule has 0 spiro atoms. The van der Waals surface area contributed by atoms with E-state index in [0.717, 1.165) is 0 Å². The molecule has 8 nitrogen and oxygen atoms in total. The quantitative estimate of drug-likeness (QED) is 0.511. The van der Waals surface area contributed by atoms with E-state index in [1.165, 1.54) is 38.6 Å². The van der Waals surface area contributed by atoms with Gasteiger partial charge in [0.15, 0.2) is 11.5 Å². The zero-order valence-electron chi connectivity index (χ0n) is 14.4. The maximum Gasteiger partial charge on any atom is 0.259 e. The second-order valence-electron chi connectivity index (χ2n) is 5.14. The highest BCUT2D eigenvalue weighted by molar-refractivity contribution is 5.97. The summed E-state index contributed by atoms with van der Waals surface area (Å²) in [5.41, 5.74) is 3.34. The van der Waals surface area contributed by atoms with Crippen LogP contribution in [0.1, 0.15) is 15.9 Å². The van der Waals surface area contributed by atoms with Crippen LogP contribution in [0.3, 0.4) is 0 Å². The fraction of sp³-hybridized carbons (Fsp3) is 0.167. The number of amides is 2. The van der Waals surface area contributed by atoms with E-state index in [1.807, 2.05) is 0 Å². The van der Waals surface area contributed by atoms with Gasteiger partial charge in [-0.15, -0.1) is 0 Å². The zero-order chi connectivity index (χ0) is 18.9. The first-order chi connectivity index (χ1) is 12.5. The molecule has 0 aliphatic rings. The number of ether oxygens (including phenoxy) is 2. The molecule has 0 aliphatic carbocycles. The Bertz CT molecular complexity index is 803. The Kier molecular flexibility index (Phi) is 6.55. The number of carbonyl (C=O) groups is 2. The number of methoxy groups -OCH3 is 2. The molecule has 0 heterocycles. The monoisotopic (exact) mass is 357 g/mol. The van der Waals surface area contributed by atoms with Gasteiger partial charge in [-0.3, -0.25) is 9.59 Å². The summed E-state index contributed by atoms with van der Waals surface area (Å²) in [6.45, 7) is -0.236. The minimum Gasteiger partial charge on any atom is -0.508 e. The first kappa shape index (κ1) is 18.8. The summed E-state index contributed by atoms with van der Waals surface area (Å²) in [5, 5.41) is 15.4. The normalized spacial score (nSPS) is 10.4. The Morgan fingerprint density at radius 3 is 2.42 bits per heavy atom. The lowest BCUT2D eigenvalue weighted by atomic mass is 10.2. The summed E-state index contributed by atoms with van der Waals surface area (Å²) in [6, 6.07) is 11.0. The van der Waals surface area contributed by atoms with Crippen molar-refractivity contribution in [2.45, 2.75) is 0 Å². The largest absolute Gasteiger partial charge is 0.508 e. The second-order valence-corrected chi connectivity index (χ2v) is 5.14. The summed E-state index contributed by atoms with van der Waals surface area (Å²) in [4.78, 5) is 23.8. The van der Waals surface area contributed by atoms with Crippen LogP contribution in [0, 0.1) is 0 Å². The summed E-state index contributed by atoms with van der Waals surface area (Å²) in [6.07, 6.45) is 1.42. The molecule has 8 heteroatoms. The fourth-order valence-electron chi connectivity index (χ4n) is 2.02. The lowest BCUT2D eigenvalue weighted by molar-refractivity contribution is -0.120. The van der Waals surface area contributed by atoms with Crippen LogP contribution < -0.4 is 20.2 Å². The van der Waals surface area contributed by atoms with Crippen molar-refractivity contribution in [1.82, 2.24) is 10.7 Å². The molecule has 2 aromatic rings. The van der Waals surface area contributed by atoms with E-state index < -0.39 is 11.8 Å². The number of hydrogen-bond donors (Lipinski definition) is 3. The molecule has 0 aromatic heterocycles. The van der Waals surface area contributed by atoms with Crippen molar-refractivity contribution in [1.29, 1.82) is 0 Å². The molecule has 3 N–H and O–H groups in total. The molecule has 0 saturated heterocycles. The first-order valence-electron chi connectivity index (χ1n) is 7.64. The van der Waals surface area contributed by atoms with Crippen LogP contribution in [-0.4, -0.2) is 43.9 Å². The molecular weight excluding hydrogens is 338 g/mol. The van der Waals surface area contributed by atoms with Crippen LogP contribution in [0.2, 0.25) is 0 Å². The second kappa shape index (κ2) is 9.07. The van der Waals surface area contributed by atoms with E-state index in [0.29, 0.717) is 22.6 Å². The lowest BCUT2D eigenvalue weighted by Gasteiger charge is -2.09. The van der Waals surface area contributed by atoms with Crippen molar-refractivity contribution < 1.29 is 24.2 Å². The first-order valence-corrected chi connectivity index (χ1v) is 7.64. The van der Waals surface area contributed by atoms with E-state index >= 15 is 0 Å². The molecule has 0 aliphatic heterocycles. The summed E-state index contributed by atoms with van der Waals surface area (Å²) in [5.74, 6) is 0.162. The van der Waals surface area contributed by atoms with Gasteiger partial charge in [0, 0.05) is 5.56 Å². The van der Waals surface area contributed by atoms with Gasteiger partial charge in [-0.05, 0) is 48.0 Å². The molecule has 2 rings (SSSR count). The van der Waals surface area contributed by atoms with Gasteiger partial charge in [0.25, 0.3) is 11.8 Å². The van der Waals surface area contributed by atoms with Crippen LogP contribution in [-0.2, 0) is 4.79 Å². The van der Waals surface area contributed by atoms with Crippen molar-refractivity contribution in [3.63, 3.8) is 0 Å². The number of phenols is 1. The number of hydrogen-bond acceptors (Lipinski definition) is 6. The van der Waals surface area contributed by atoms with Gasteiger partial charge in [0.1, 0.15) is 5.75 Å². The Morgan fingerprint density at radius 1 is 1.08 bits per heavy atom. The number of nitrogens with one attached hydrogen (secondary N) is 2. The van der Waals surface area contributed by atoms with Crippen molar-refractivity contribution in [3.05, 3.63) is 53.6 Å². The summed E-state index contributed by atoms with van der Waals surface area (Å²) >= 11 is 0. The van der Waals surface area contributed by atoms with Crippen molar-refractivity contribution in [2.75, 3.05) is 20.8 Å². The highest BCUT2D eigenvalue weighted by Crippen LogP contribution is 2.27. The van der Waals surface area contributed by atoms with Crippen LogP contribution in [0.25, 0.3) is 0 Å². The molecule has 0 radical (unpaired) electrons. The molecule has 0 atom stereocenters. The molecule has 0 fully saturated rings. The smallest absolute Gasteiger partial charge is 0.259 e. The Morgan fingerprint density at radius 2 is 1.77 bits per heavy atom. The molecule has 136 valence electrons. The Hall–Kier alpha value is -3.55. The summed E-state index contributed by atoms with van der Waals surface area (Å²) in [7, 11) is 2.97. The standard InChI is InChI=1S/C18H19N3O5/c1-25-15-8-5-13(9-16(15)26-2)18(24)19-11-17(23)21-20-10-12-3-6-14(22)7-4-12/h3-10,22H,11H2,1-2H3,(H,19,24)(H,21,23). The Labute approximate surface area is 150 Å². The van der Waals surface area contributed by atoms with Crippen LogP contribution >= 0.6 is 0 Å². The van der Waals surface area contributed by atoms with Gasteiger partial charge >= 0.3 is 0 Å². The van der Waals surface area contributed by atoms with E-state index in [2.05, 4.69) is 15.8 Å². The number of aromatic hydroxyl groups is 1. The highest BCUT2D eigenvalue weighted by atomic mass is 16.5. The van der Waals surface area contributed by atoms with Crippen molar-refractivity contribution >= 4 is 18.0 Å². The van der Waals surface area contributed by atoms with Gasteiger partial charge in [-0.2, -0.15) is 5.10 Å². The average Bonchev–Trinajstić information content (AvgIpc) is 2.67. The number of phenolic OH excluding ortho intramolecular Hbond substituents is 1. The van der Waals surface area contributed by atoms with Crippen LogP contribution in [0.5, 0.6) is 17.2 Å². The maximum atomic E-state index is 12.1. The van der Waals surface area contributed by atoms with Gasteiger partial charge in [-0.25, -0.2) is 5.43 Å². The van der Waals surface area contributed by atoms with Gasteiger partial charge < -0.3 is 19.9 Å². The molecular formula is C18H19N3O5. The summed E-state index contributed by atoms with van der Waals surface area (Å²) < 4.78 is 10.2. The van der Waals surface area contributed by atoms with Crippen LogP contribution in [0.15, 0.2) is 47.6 Å². The highest BCUT2D eigenvalue weighted by Gasteiger charge is 2.11. The fourth-order valence-corrected chi connectivity index (χ4v) is 2.02. The van der Waals surface area contributed by atoms with Gasteiger partial charge in [0.2, 0.25) is 0 Å². The van der Waals surface area contributed by atoms with E-state index in [4.69, 9.17) is 9.47 Å². The third-order valence-corrected chi connectivity index (χ3v) is 3.35. The van der Waals surface area contributed by atoms with Gasteiger partial charge in [-0.1, -0.05) is 0 Å². The van der Waals surface area contributed by atoms with Gasteiger partial charge in [0.05, 0.1) is 27.0 Å². The molecule has 2 aromatic carbocycles. The number of carbonyl (C=O) groups excluding carboxylic acids is 2. The SMILES string of the molecule is COc1ccc(C(=O)NCC(=O)NN=Cc2ccc(O)cc2)cc1OC. The van der Waals surface area contributed by atoms with Crippen LogP contribution in [0.4, 0.5) is 0 Å². The maximum absolute atomic E-state index is 12.1. The minimum absolute atomic E-state index is 0.143. The molecule has 2 amide bonds. The number of hydrazone groups is 1. The molecule has 0 unspecified atom stereocenters. The Balaban J connectivity index is 1.84. The average molecular weight is 357 g/mol. The van der Waals surface area contributed by atoms with Crippen molar-refractivity contribution in [3.8, 4) is 17.2 Å². The third kappa shape index (κ3) is 5.23. The molecule has 26 heavy (non-hydrogen) atoms. The predicted octanol–water partition coefficient (Wildman–Crippen LogP) is 1.29. The third-order valence-electron chi connectivity index (χ3n) is 3.35. The zero-order valence-corrected chi connectivity index (χ0v) is 14.4. The number of benzene rings is 2. The van der Waals surface area contributed by atoms with E-state index in [9.17, 15) is 14.7 Å². The van der Waals surface area contributed by atoms with Crippen molar-refractivity contribution in [2.24, 2.45) is 5.10 Å².